The predicted octanol–water partition coefficient (Wildman–Crippen LogP) is 1.06. The van der Waals surface area contributed by atoms with Gasteiger partial charge in [-0.15, -0.1) is 0 Å². The van der Waals surface area contributed by atoms with Crippen molar-refractivity contribution in [2.75, 3.05) is 20.6 Å². The zero-order valence-corrected chi connectivity index (χ0v) is 9.12. The van der Waals surface area contributed by atoms with E-state index >= 15 is 0 Å². The molecule has 0 aliphatic rings. The highest BCUT2D eigenvalue weighted by Gasteiger charge is 2.09. The van der Waals surface area contributed by atoms with Gasteiger partial charge in [-0.2, -0.15) is 0 Å². The molecule has 1 rings (SSSR count). The van der Waals surface area contributed by atoms with Crippen molar-refractivity contribution in [1.82, 2.24) is 10.3 Å². The molecule has 0 saturated heterocycles. The zero-order chi connectivity index (χ0) is 10.6. The number of rotatable bonds is 4. The maximum atomic E-state index is 5.53. The van der Waals surface area contributed by atoms with E-state index < -0.39 is 0 Å². The van der Waals surface area contributed by atoms with E-state index in [4.69, 9.17) is 5.84 Å². The summed E-state index contributed by atoms with van der Waals surface area (Å²) in [5.41, 5.74) is 5.34. The molecular formula is C11H19N3. The van der Waals surface area contributed by atoms with Crippen molar-refractivity contribution in [3.05, 3.63) is 35.4 Å². The Bertz CT molecular complexity index is 284. The van der Waals surface area contributed by atoms with Gasteiger partial charge in [0.05, 0.1) is 6.04 Å². The molecule has 0 aromatic heterocycles. The summed E-state index contributed by atoms with van der Waals surface area (Å²) in [4.78, 5) is 2.12. The Labute approximate surface area is 85.9 Å². The van der Waals surface area contributed by atoms with Crippen molar-refractivity contribution < 1.29 is 0 Å². The SMILES string of the molecule is Cc1cccc(C(CN(C)C)NN)c1. The normalized spacial score (nSPS) is 13.2. The number of likely N-dealkylation sites (N-methyl/N-ethyl adjacent to an activating group) is 1. The lowest BCUT2D eigenvalue weighted by atomic mass is 10.0. The summed E-state index contributed by atoms with van der Waals surface area (Å²) in [5, 5.41) is 0. The molecule has 0 radical (unpaired) electrons. The van der Waals surface area contributed by atoms with Crippen LogP contribution in [-0.4, -0.2) is 25.5 Å². The molecule has 1 unspecified atom stereocenters. The van der Waals surface area contributed by atoms with Crippen LogP contribution in [0.2, 0.25) is 0 Å². The number of nitrogens with two attached hydrogens (primary N) is 1. The van der Waals surface area contributed by atoms with Crippen LogP contribution in [0.25, 0.3) is 0 Å². The van der Waals surface area contributed by atoms with Gasteiger partial charge in [0, 0.05) is 6.54 Å². The average Bonchev–Trinajstić information content (AvgIpc) is 2.14. The molecule has 14 heavy (non-hydrogen) atoms. The van der Waals surface area contributed by atoms with Crippen LogP contribution in [0, 0.1) is 6.92 Å². The van der Waals surface area contributed by atoms with E-state index in [1.807, 2.05) is 14.1 Å². The molecular weight excluding hydrogens is 174 g/mol. The lowest BCUT2D eigenvalue weighted by Gasteiger charge is -2.20. The molecule has 0 aliphatic heterocycles. The van der Waals surface area contributed by atoms with Gasteiger partial charge in [0.2, 0.25) is 0 Å². The Kier molecular flexibility index (Phi) is 4.07. The Morgan fingerprint density at radius 2 is 2.14 bits per heavy atom. The third-order valence-electron chi connectivity index (χ3n) is 2.19. The van der Waals surface area contributed by atoms with Gasteiger partial charge < -0.3 is 4.90 Å². The highest BCUT2D eigenvalue weighted by atomic mass is 15.3. The maximum Gasteiger partial charge on any atom is 0.0586 e. The van der Waals surface area contributed by atoms with Crippen molar-refractivity contribution in [1.29, 1.82) is 0 Å². The van der Waals surface area contributed by atoms with Crippen LogP contribution in [0.15, 0.2) is 24.3 Å². The molecule has 0 fully saturated rings. The highest BCUT2D eigenvalue weighted by molar-refractivity contribution is 5.25. The van der Waals surface area contributed by atoms with Crippen molar-refractivity contribution in [3.63, 3.8) is 0 Å². The lowest BCUT2D eigenvalue weighted by molar-refractivity contribution is 0.344. The van der Waals surface area contributed by atoms with Crippen molar-refractivity contribution in [3.8, 4) is 0 Å². The summed E-state index contributed by atoms with van der Waals surface area (Å²) in [5.74, 6) is 5.53. The van der Waals surface area contributed by atoms with Gasteiger partial charge in [-0.3, -0.25) is 11.3 Å². The Morgan fingerprint density at radius 3 is 2.64 bits per heavy atom. The molecule has 0 amide bonds. The third kappa shape index (κ3) is 3.10. The minimum atomic E-state index is 0.199. The molecule has 78 valence electrons. The Hall–Kier alpha value is -0.900. The van der Waals surface area contributed by atoms with Gasteiger partial charge in [-0.05, 0) is 26.6 Å². The highest BCUT2D eigenvalue weighted by Crippen LogP contribution is 2.13. The molecule has 1 atom stereocenters. The summed E-state index contributed by atoms with van der Waals surface area (Å²) in [6.07, 6.45) is 0. The Morgan fingerprint density at radius 1 is 1.43 bits per heavy atom. The van der Waals surface area contributed by atoms with Crippen molar-refractivity contribution >= 4 is 0 Å². The third-order valence-corrected chi connectivity index (χ3v) is 2.19. The number of hydrogen-bond donors (Lipinski definition) is 2. The zero-order valence-electron chi connectivity index (χ0n) is 9.12. The average molecular weight is 193 g/mol. The van der Waals surface area contributed by atoms with E-state index in [0.717, 1.165) is 6.54 Å². The van der Waals surface area contributed by atoms with Gasteiger partial charge in [-0.25, -0.2) is 0 Å². The maximum absolute atomic E-state index is 5.53. The van der Waals surface area contributed by atoms with E-state index in [1.165, 1.54) is 11.1 Å². The second-order valence-corrected chi connectivity index (χ2v) is 3.90. The number of hydrogen-bond acceptors (Lipinski definition) is 3. The van der Waals surface area contributed by atoms with Gasteiger partial charge in [0.1, 0.15) is 0 Å². The number of hydrazine groups is 1. The predicted molar refractivity (Wildman–Crippen MR) is 59.8 cm³/mol. The molecule has 1 aromatic rings. The lowest BCUT2D eigenvalue weighted by Crippen LogP contribution is -2.35. The van der Waals surface area contributed by atoms with Gasteiger partial charge in [-0.1, -0.05) is 29.8 Å². The van der Waals surface area contributed by atoms with E-state index in [0.29, 0.717) is 0 Å². The standard InChI is InChI=1S/C11H19N3/c1-9-5-4-6-10(7-9)11(13-12)8-14(2)3/h4-7,11,13H,8,12H2,1-3H3. The largest absolute Gasteiger partial charge is 0.307 e. The fourth-order valence-electron chi connectivity index (χ4n) is 1.51. The fourth-order valence-corrected chi connectivity index (χ4v) is 1.51. The molecule has 3 nitrogen and oxygen atoms in total. The second kappa shape index (κ2) is 5.10. The van der Waals surface area contributed by atoms with Gasteiger partial charge >= 0.3 is 0 Å². The quantitative estimate of drug-likeness (QED) is 0.555. The summed E-state index contributed by atoms with van der Waals surface area (Å²) >= 11 is 0. The van der Waals surface area contributed by atoms with Crippen LogP contribution in [0.1, 0.15) is 17.2 Å². The minimum absolute atomic E-state index is 0.199. The van der Waals surface area contributed by atoms with Gasteiger partial charge in [0.25, 0.3) is 0 Å². The molecule has 0 spiro atoms. The van der Waals surface area contributed by atoms with E-state index in [-0.39, 0.29) is 6.04 Å². The smallest absolute Gasteiger partial charge is 0.0586 e. The molecule has 0 saturated carbocycles. The number of aryl methyl sites for hydroxylation is 1. The first-order valence-electron chi connectivity index (χ1n) is 4.81. The molecule has 3 heteroatoms. The number of benzene rings is 1. The summed E-state index contributed by atoms with van der Waals surface area (Å²) in [6, 6.07) is 8.61. The number of nitrogens with one attached hydrogen (secondary N) is 1. The summed E-state index contributed by atoms with van der Waals surface area (Å²) < 4.78 is 0. The second-order valence-electron chi connectivity index (χ2n) is 3.90. The molecule has 1 aromatic carbocycles. The van der Waals surface area contributed by atoms with Crippen LogP contribution in [-0.2, 0) is 0 Å². The minimum Gasteiger partial charge on any atom is -0.307 e. The van der Waals surface area contributed by atoms with E-state index in [1.54, 1.807) is 0 Å². The summed E-state index contributed by atoms with van der Waals surface area (Å²) in [7, 11) is 4.08. The van der Waals surface area contributed by atoms with Crippen LogP contribution < -0.4 is 11.3 Å². The Balaban J connectivity index is 2.78. The van der Waals surface area contributed by atoms with E-state index in [9.17, 15) is 0 Å². The van der Waals surface area contributed by atoms with Crippen LogP contribution in [0.3, 0.4) is 0 Å². The van der Waals surface area contributed by atoms with Crippen molar-refractivity contribution in [2.45, 2.75) is 13.0 Å². The molecule has 0 bridgehead atoms. The van der Waals surface area contributed by atoms with Crippen LogP contribution in [0.4, 0.5) is 0 Å². The van der Waals surface area contributed by atoms with Crippen LogP contribution >= 0.6 is 0 Å². The van der Waals surface area contributed by atoms with Crippen LogP contribution in [0.5, 0.6) is 0 Å². The summed E-state index contributed by atoms with van der Waals surface area (Å²) in [6.45, 7) is 2.99. The monoisotopic (exact) mass is 193 g/mol. The first-order chi connectivity index (χ1) is 6.63. The fraction of sp³-hybridized carbons (Fsp3) is 0.455. The van der Waals surface area contributed by atoms with Gasteiger partial charge in [0.15, 0.2) is 0 Å². The first-order valence-corrected chi connectivity index (χ1v) is 4.81. The molecule has 3 N–H and O–H groups in total. The first kappa shape index (κ1) is 11.2. The topological polar surface area (TPSA) is 41.3 Å². The molecule has 0 aliphatic carbocycles. The molecule has 0 heterocycles. The number of nitrogens with zero attached hydrogens (tertiary/aromatic N) is 1. The van der Waals surface area contributed by atoms with Crippen molar-refractivity contribution in [2.24, 2.45) is 5.84 Å². The van der Waals surface area contributed by atoms with E-state index in [2.05, 4.69) is 41.5 Å².